The highest BCUT2D eigenvalue weighted by atomic mass is 16.2. The topological polar surface area (TPSA) is 67.4 Å². The van der Waals surface area contributed by atoms with Crippen molar-refractivity contribution in [1.82, 2.24) is 19.6 Å². The summed E-state index contributed by atoms with van der Waals surface area (Å²) in [5, 5.41) is 4.21. The van der Waals surface area contributed by atoms with E-state index < -0.39 is 0 Å². The lowest BCUT2D eigenvalue weighted by atomic mass is 9.97. The van der Waals surface area contributed by atoms with Crippen LogP contribution in [0.1, 0.15) is 12.8 Å². The van der Waals surface area contributed by atoms with Gasteiger partial charge in [0.2, 0.25) is 5.91 Å². The highest BCUT2D eigenvalue weighted by Gasteiger charge is 2.23. The van der Waals surface area contributed by atoms with Gasteiger partial charge in [0.05, 0.1) is 18.4 Å². The first-order valence-electron chi connectivity index (χ1n) is 6.75. The Morgan fingerprint density at radius 2 is 2.16 bits per heavy atom. The molecule has 0 bridgehead atoms. The van der Waals surface area contributed by atoms with Crippen molar-refractivity contribution >= 4 is 11.6 Å². The molecule has 1 aromatic heterocycles. The molecular formula is C13H23N5O. The van der Waals surface area contributed by atoms with Crippen molar-refractivity contribution in [2.75, 3.05) is 39.5 Å². The number of nitrogens with zero attached hydrogens (tertiary/aromatic N) is 4. The van der Waals surface area contributed by atoms with Crippen LogP contribution in [-0.2, 0) is 11.3 Å². The second-order valence-corrected chi connectivity index (χ2v) is 5.56. The van der Waals surface area contributed by atoms with Crippen LogP contribution in [0.15, 0.2) is 12.4 Å². The zero-order valence-corrected chi connectivity index (χ0v) is 11.7. The fourth-order valence-corrected chi connectivity index (χ4v) is 2.48. The maximum atomic E-state index is 11.9. The Kier molecular flexibility index (Phi) is 4.42. The van der Waals surface area contributed by atoms with Crippen LogP contribution in [0.3, 0.4) is 0 Å². The molecule has 1 aliphatic rings. The summed E-state index contributed by atoms with van der Waals surface area (Å²) in [6.45, 7) is 3.11. The average molecular weight is 265 g/mol. The third-order valence-electron chi connectivity index (χ3n) is 3.52. The van der Waals surface area contributed by atoms with Crippen LogP contribution in [0, 0.1) is 5.92 Å². The number of hydrogen-bond acceptors (Lipinski definition) is 4. The summed E-state index contributed by atoms with van der Waals surface area (Å²) < 4.78 is 1.90. The van der Waals surface area contributed by atoms with Crippen molar-refractivity contribution in [3.8, 4) is 0 Å². The summed E-state index contributed by atoms with van der Waals surface area (Å²) in [5.41, 5.74) is 6.36. The standard InChI is InChI=1S/C13H23N5O/c1-16(2)10-13(19)17-5-3-11(4-6-17)8-18-9-12(14)7-15-18/h7,9,11H,3-6,8,10,14H2,1-2H3. The predicted molar refractivity (Wildman–Crippen MR) is 74.5 cm³/mol. The number of nitrogen functional groups attached to an aromatic ring is 1. The number of aromatic nitrogens is 2. The van der Waals surface area contributed by atoms with Crippen LogP contribution in [-0.4, -0.2) is 59.2 Å². The Morgan fingerprint density at radius 1 is 1.47 bits per heavy atom. The number of rotatable bonds is 4. The minimum atomic E-state index is 0.229. The number of nitrogens with two attached hydrogens (primary N) is 1. The number of hydrogen-bond donors (Lipinski definition) is 1. The van der Waals surface area contributed by atoms with Crippen molar-refractivity contribution in [2.24, 2.45) is 5.92 Å². The third kappa shape index (κ3) is 3.96. The number of likely N-dealkylation sites (tertiary alicyclic amines) is 1. The van der Waals surface area contributed by atoms with E-state index >= 15 is 0 Å². The van der Waals surface area contributed by atoms with Crippen LogP contribution in [0.2, 0.25) is 0 Å². The Balaban J connectivity index is 1.77. The predicted octanol–water partition coefficient (Wildman–Crippen LogP) is 0.266. The molecule has 0 aliphatic carbocycles. The van der Waals surface area contributed by atoms with Gasteiger partial charge in [0.25, 0.3) is 0 Å². The van der Waals surface area contributed by atoms with Crippen LogP contribution in [0.4, 0.5) is 5.69 Å². The van der Waals surface area contributed by atoms with Gasteiger partial charge in [-0.05, 0) is 32.9 Å². The molecule has 106 valence electrons. The summed E-state index contributed by atoms with van der Waals surface area (Å²) in [5.74, 6) is 0.814. The van der Waals surface area contributed by atoms with Gasteiger partial charge in [0.15, 0.2) is 0 Å². The second-order valence-electron chi connectivity index (χ2n) is 5.56. The van der Waals surface area contributed by atoms with Crippen molar-refractivity contribution < 1.29 is 4.79 Å². The zero-order chi connectivity index (χ0) is 13.8. The Labute approximate surface area is 114 Å². The van der Waals surface area contributed by atoms with Gasteiger partial charge < -0.3 is 15.5 Å². The van der Waals surface area contributed by atoms with Gasteiger partial charge in [-0.25, -0.2) is 0 Å². The largest absolute Gasteiger partial charge is 0.396 e. The average Bonchev–Trinajstić information content (AvgIpc) is 2.75. The van der Waals surface area contributed by atoms with Gasteiger partial charge in [-0.15, -0.1) is 0 Å². The molecule has 2 rings (SSSR count). The smallest absolute Gasteiger partial charge is 0.236 e. The van der Waals surface area contributed by atoms with E-state index in [-0.39, 0.29) is 5.91 Å². The van der Waals surface area contributed by atoms with E-state index in [1.165, 1.54) is 0 Å². The molecule has 6 heteroatoms. The van der Waals surface area contributed by atoms with Gasteiger partial charge in [0, 0.05) is 25.8 Å². The molecule has 2 heterocycles. The molecule has 0 saturated carbocycles. The van der Waals surface area contributed by atoms with E-state index in [4.69, 9.17) is 5.73 Å². The molecule has 0 atom stereocenters. The highest BCUT2D eigenvalue weighted by molar-refractivity contribution is 5.78. The zero-order valence-electron chi connectivity index (χ0n) is 11.7. The molecule has 1 aliphatic heterocycles. The van der Waals surface area contributed by atoms with Crippen LogP contribution in [0.25, 0.3) is 0 Å². The number of carbonyl (C=O) groups excluding carboxylic acids is 1. The molecule has 0 radical (unpaired) electrons. The monoisotopic (exact) mass is 265 g/mol. The van der Waals surface area contributed by atoms with Crippen molar-refractivity contribution in [3.63, 3.8) is 0 Å². The summed E-state index contributed by atoms with van der Waals surface area (Å²) in [7, 11) is 3.85. The number of anilines is 1. The molecule has 6 nitrogen and oxygen atoms in total. The fraction of sp³-hybridized carbons (Fsp3) is 0.692. The summed E-state index contributed by atoms with van der Waals surface area (Å²) in [6, 6.07) is 0. The lowest BCUT2D eigenvalue weighted by Gasteiger charge is -2.32. The number of piperidine rings is 1. The molecule has 1 aromatic rings. The summed E-state index contributed by atoms with van der Waals surface area (Å²) in [4.78, 5) is 15.8. The van der Waals surface area contributed by atoms with Crippen LogP contribution >= 0.6 is 0 Å². The number of carbonyl (C=O) groups is 1. The van der Waals surface area contributed by atoms with Gasteiger partial charge in [-0.1, -0.05) is 0 Å². The fourth-order valence-electron chi connectivity index (χ4n) is 2.48. The minimum absolute atomic E-state index is 0.229. The van der Waals surface area contributed by atoms with E-state index in [0.717, 1.165) is 32.5 Å². The quantitative estimate of drug-likeness (QED) is 0.848. The summed E-state index contributed by atoms with van der Waals surface area (Å²) in [6.07, 6.45) is 5.62. The maximum absolute atomic E-state index is 11.9. The molecule has 1 amide bonds. The third-order valence-corrected chi connectivity index (χ3v) is 3.52. The number of amides is 1. The van der Waals surface area contributed by atoms with E-state index in [9.17, 15) is 4.79 Å². The lowest BCUT2D eigenvalue weighted by Crippen LogP contribution is -2.43. The van der Waals surface area contributed by atoms with Crippen LogP contribution in [0.5, 0.6) is 0 Å². The second kappa shape index (κ2) is 6.06. The van der Waals surface area contributed by atoms with Crippen molar-refractivity contribution in [3.05, 3.63) is 12.4 Å². The molecule has 0 spiro atoms. The molecular weight excluding hydrogens is 242 g/mol. The van der Waals surface area contributed by atoms with Gasteiger partial charge in [-0.2, -0.15) is 5.10 Å². The first kappa shape index (κ1) is 13.9. The van der Waals surface area contributed by atoms with Crippen molar-refractivity contribution in [2.45, 2.75) is 19.4 Å². The maximum Gasteiger partial charge on any atom is 0.236 e. The Morgan fingerprint density at radius 3 is 2.68 bits per heavy atom. The van der Waals surface area contributed by atoms with Crippen LogP contribution < -0.4 is 5.73 Å². The first-order chi connectivity index (χ1) is 9.04. The van der Waals surface area contributed by atoms with E-state index in [2.05, 4.69) is 5.10 Å². The molecule has 1 fully saturated rings. The van der Waals surface area contributed by atoms with E-state index in [0.29, 0.717) is 18.2 Å². The lowest BCUT2D eigenvalue weighted by molar-refractivity contribution is -0.133. The Hall–Kier alpha value is -1.56. The molecule has 1 saturated heterocycles. The van der Waals surface area contributed by atoms with Crippen molar-refractivity contribution in [1.29, 1.82) is 0 Å². The van der Waals surface area contributed by atoms with E-state index in [1.807, 2.05) is 34.8 Å². The van der Waals surface area contributed by atoms with Gasteiger partial charge >= 0.3 is 0 Å². The highest BCUT2D eigenvalue weighted by Crippen LogP contribution is 2.19. The van der Waals surface area contributed by atoms with Gasteiger partial charge in [0.1, 0.15) is 0 Å². The SMILES string of the molecule is CN(C)CC(=O)N1CCC(Cn2cc(N)cn2)CC1. The molecule has 19 heavy (non-hydrogen) atoms. The minimum Gasteiger partial charge on any atom is -0.396 e. The summed E-state index contributed by atoms with van der Waals surface area (Å²) >= 11 is 0. The Bertz CT molecular complexity index is 420. The molecule has 2 N–H and O–H groups in total. The molecule has 0 aromatic carbocycles. The van der Waals surface area contributed by atoms with E-state index in [1.54, 1.807) is 6.20 Å². The molecule has 0 unspecified atom stereocenters. The first-order valence-corrected chi connectivity index (χ1v) is 6.75. The normalized spacial score (nSPS) is 17.1. The number of likely N-dealkylation sites (N-methyl/N-ethyl adjacent to an activating group) is 1. The van der Waals surface area contributed by atoms with Gasteiger partial charge in [-0.3, -0.25) is 9.48 Å².